The molecule has 0 spiro atoms. The molecule has 6 nitrogen and oxygen atoms in total. The first kappa shape index (κ1) is 11.0. The number of aromatic hydroxyl groups is 1. The molecule has 1 aromatic heterocycles. The lowest BCUT2D eigenvalue weighted by Crippen LogP contribution is -2.35. The molecule has 1 heterocycles. The minimum atomic E-state index is -0.586. The number of carbonyl (C=O) groups excluding carboxylic acids is 2. The van der Waals surface area contributed by atoms with Crippen molar-refractivity contribution in [3.63, 3.8) is 0 Å². The summed E-state index contributed by atoms with van der Waals surface area (Å²) in [6, 6.07) is 2.85. The lowest BCUT2D eigenvalue weighted by atomic mass is 10.3. The maximum absolute atomic E-state index is 11.4. The van der Waals surface area contributed by atoms with Gasteiger partial charge < -0.3 is 15.7 Å². The molecule has 6 heteroatoms. The van der Waals surface area contributed by atoms with Crippen molar-refractivity contribution < 1.29 is 14.7 Å². The molecule has 1 rings (SSSR count). The molecular formula is C9H11N3O3. The second-order valence-corrected chi connectivity index (χ2v) is 2.73. The second-order valence-electron chi connectivity index (χ2n) is 2.73. The van der Waals surface area contributed by atoms with Crippen LogP contribution in [0.5, 0.6) is 5.75 Å². The maximum atomic E-state index is 11.4. The van der Waals surface area contributed by atoms with E-state index in [1.165, 1.54) is 25.4 Å². The van der Waals surface area contributed by atoms with Crippen LogP contribution in [0.25, 0.3) is 0 Å². The van der Waals surface area contributed by atoms with Crippen molar-refractivity contribution in [1.29, 1.82) is 0 Å². The summed E-state index contributed by atoms with van der Waals surface area (Å²) in [6.45, 7) is -0.147. The summed E-state index contributed by atoms with van der Waals surface area (Å²) < 4.78 is 0. The summed E-state index contributed by atoms with van der Waals surface area (Å²) in [7, 11) is 1.47. The smallest absolute Gasteiger partial charge is 0.274 e. The molecule has 0 aliphatic carbocycles. The van der Waals surface area contributed by atoms with Gasteiger partial charge in [-0.2, -0.15) is 0 Å². The number of aromatic nitrogens is 1. The minimum Gasteiger partial charge on any atom is -0.505 e. The largest absolute Gasteiger partial charge is 0.505 e. The Kier molecular flexibility index (Phi) is 3.61. The first-order valence-electron chi connectivity index (χ1n) is 4.28. The van der Waals surface area contributed by atoms with E-state index in [9.17, 15) is 14.7 Å². The molecule has 0 unspecified atom stereocenters. The van der Waals surface area contributed by atoms with Crippen LogP contribution in [-0.2, 0) is 4.79 Å². The number of hydrogen-bond acceptors (Lipinski definition) is 4. The molecule has 0 aliphatic heterocycles. The molecular weight excluding hydrogens is 198 g/mol. The molecule has 0 saturated carbocycles. The molecule has 0 bridgehead atoms. The van der Waals surface area contributed by atoms with Gasteiger partial charge in [0.2, 0.25) is 5.91 Å². The highest BCUT2D eigenvalue weighted by Gasteiger charge is 2.12. The molecule has 0 atom stereocenters. The summed E-state index contributed by atoms with van der Waals surface area (Å²) in [5.41, 5.74) is -0.0959. The fourth-order valence-electron chi connectivity index (χ4n) is 0.904. The Balaban J connectivity index is 2.62. The Morgan fingerprint density at radius 2 is 2.27 bits per heavy atom. The maximum Gasteiger partial charge on any atom is 0.274 e. The quantitative estimate of drug-likeness (QED) is 0.611. The fourth-order valence-corrected chi connectivity index (χ4v) is 0.904. The Hall–Kier alpha value is -2.11. The summed E-state index contributed by atoms with van der Waals surface area (Å²) in [6.07, 6.45) is 1.38. The van der Waals surface area contributed by atoms with Crippen LogP contribution >= 0.6 is 0 Å². The highest BCUT2D eigenvalue weighted by molar-refractivity contribution is 5.96. The van der Waals surface area contributed by atoms with Gasteiger partial charge in [0, 0.05) is 13.2 Å². The third-order valence-corrected chi connectivity index (χ3v) is 1.69. The Bertz CT molecular complexity index is 379. The van der Waals surface area contributed by atoms with Gasteiger partial charge in [-0.15, -0.1) is 0 Å². The topological polar surface area (TPSA) is 91.3 Å². The van der Waals surface area contributed by atoms with E-state index in [2.05, 4.69) is 15.6 Å². The normalized spacial score (nSPS) is 9.40. The van der Waals surface area contributed by atoms with E-state index in [1.54, 1.807) is 0 Å². The number of amides is 2. The van der Waals surface area contributed by atoms with E-state index >= 15 is 0 Å². The Morgan fingerprint density at radius 3 is 2.87 bits per heavy atom. The minimum absolute atomic E-state index is 0.0959. The SMILES string of the molecule is CNC(=O)CNC(=O)c1ncccc1O. The van der Waals surface area contributed by atoms with Crippen molar-refractivity contribution in [1.82, 2.24) is 15.6 Å². The first-order chi connectivity index (χ1) is 7.15. The Morgan fingerprint density at radius 1 is 1.53 bits per heavy atom. The fraction of sp³-hybridized carbons (Fsp3) is 0.222. The standard InChI is InChI=1S/C9H11N3O3/c1-10-7(14)5-12-9(15)8-6(13)3-2-4-11-8/h2-4,13H,5H2,1H3,(H,10,14)(H,12,15). The average Bonchev–Trinajstić information content (AvgIpc) is 2.26. The third kappa shape index (κ3) is 2.94. The van der Waals surface area contributed by atoms with Crippen LogP contribution in [0.4, 0.5) is 0 Å². The second kappa shape index (κ2) is 4.94. The van der Waals surface area contributed by atoms with Gasteiger partial charge in [0.05, 0.1) is 6.54 Å². The zero-order valence-corrected chi connectivity index (χ0v) is 8.15. The van der Waals surface area contributed by atoms with Crippen molar-refractivity contribution in [2.45, 2.75) is 0 Å². The number of likely N-dealkylation sites (N-methyl/N-ethyl adjacent to an activating group) is 1. The summed E-state index contributed by atoms with van der Waals surface area (Å²) in [5, 5.41) is 13.9. The van der Waals surface area contributed by atoms with Gasteiger partial charge in [0.1, 0.15) is 5.75 Å². The zero-order chi connectivity index (χ0) is 11.3. The van der Waals surface area contributed by atoms with Crippen LogP contribution in [0.3, 0.4) is 0 Å². The van der Waals surface area contributed by atoms with Crippen LogP contribution in [0.2, 0.25) is 0 Å². The van der Waals surface area contributed by atoms with Crippen LogP contribution in [0, 0.1) is 0 Å². The van der Waals surface area contributed by atoms with Gasteiger partial charge in [0.25, 0.3) is 5.91 Å². The van der Waals surface area contributed by atoms with Gasteiger partial charge in [0.15, 0.2) is 5.69 Å². The third-order valence-electron chi connectivity index (χ3n) is 1.69. The van der Waals surface area contributed by atoms with E-state index in [4.69, 9.17) is 0 Å². The molecule has 0 fully saturated rings. The monoisotopic (exact) mass is 209 g/mol. The van der Waals surface area contributed by atoms with Crippen LogP contribution in [0.1, 0.15) is 10.5 Å². The van der Waals surface area contributed by atoms with Gasteiger partial charge >= 0.3 is 0 Å². The van der Waals surface area contributed by atoms with E-state index in [1.807, 2.05) is 0 Å². The van der Waals surface area contributed by atoms with Gasteiger partial charge in [-0.3, -0.25) is 9.59 Å². The summed E-state index contributed by atoms with van der Waals surface area (Å²) in [5.74, 6) is -1.12. The van der Waals surface area contributed by atoms with Gasteiger partial charge in [-0.25, -0.2) is 4.98 Å². The van der Waals surface area contributed by atoms with E-state index < -0.39 is 5.91 Å². The molecule has 3 N–H and O–H groups in total. The van der Waals surface area contributed by atoms with Crippen molar-refractivity contribution in [3.05, 3.63) is 24.0 Å². The van der Waals surface area contributed by atoms with Crippen LogP contribution < -0.4 is 10.6 Å². The molecule has 0 radical (unpaired) electrons. The van der Waals surface area contributed by atoms with Gasteiger partial charge in [-0.1, -0.05) is 0 Å². The first-order valence-corrected chi connectivity index (χ1v) is 4.28. The van der Waals surface area contributed by atoms with E-state index in [-0.39, 0.29) is 23.9 Å². The molecule has 0 saturated heterocycles. The van der Waals surface area contributed by atoms with Crippen molar-refractivity contribution >= 4 is 11.8 Å². The lowest BCUT2D eigenvalue weighted by molar-refractivity contribution is -0.119. The van der Waals surface area contributed by atoms with Crippen molar-refractivity contribution in [2.75, 3.05) is 13.6 Å². The predicted molar refractivity (Wildman–Crippen MR) is 52.3 cm³/mol. The highest BCUT2D eigenvalue weighted by atomic mass is 16.3. The van der Waals surface area contributed by atoms with Crippen molar-refractivity contribution in [3.8, 4) is 5.75 Å². The number of pyridine rings is 1. The number of nitrogens with one attached hydrogen (secondary N) is 2. The summed E-state index contributed by atoms with van der Waals surface area (Å²) in [4.78, 5) is 25.9. The highest BCUT2D eigenvalue weighted by Crippen LogP contribution is 2.11. The van der Waals surface area contributed by atoms with Crippen LogP contribution in [0.15, 0.2) is 18.3 Å². The molecule has 15 heavy (non-hydrogen) atoms. The average molecular weight is 209 g/mol. The van der Waals surface area contributed by atoms with E-state index in [0.29, 0.717) is 0 Å². The number of carbonyl (C=O) groups is 2. The molecule has 2 amide bonds. The molecule has 80 valence electrons. The molecule has 0 aromatic carbocycles. The summed E-state index contributed by atoms with van der Waals surface area (Å²) >= 11 is 0. The van der Waals surface area contributed by atoms with Crippen LogP contribution in [-0.4, -0.2) is 35.5 Å². The number of nitrogens with zero attached hydrogens (tertiary/aromatic N) is 1. The van der Waals surface area contributed by atoms with Gasteiger partial charge in [-0.05, 0) is 12.1 Å². The number of hydrogen-bond donors (Lipinski definition) is 3. The van der Waals surface area contributed by atoms with Crippen molar-refractivity contribution in [2.24, 2.45) is 0 Å². The number of rotatable bonds is 3. The molecule has 0 aliphatic rings. The molecule has 1 aromatic rings. The Labute approximate surface area is 86.3 Å². The lowest BCUT2D eigenvalue weighted by Gasteiger charge is -2.04. The predicted octanol–water partition coefficient (Wildman–Crippen LogP) is -0.737. The zero-order valence-electron chi connectivity index (χ0n) is 8.15. The van der Waals surface area contributed by atoms with E-state index in [0.717, 1.165) is 0 Å².